The molecule has 0 saturated carbocycles. The number of fused-ring (bicyclic) bond motifs is 17. The van der Waals surface area contributed by atoms with Crippen molar-refractivity contribution >= 4 is 43.7 Å². The Bertz CT molecular complexity index is 3450. The molecular formula is C54H31N3O. The number of hydrogen-bond donors (Lipinski definition) is 0. The molecule has 11 aromatic rings. The quantitative estimate of drug-likeness (QED) is 0.169. The fourth-order valence-electron chi connectivity index (χ4n) is 10.1. The second-order valence-corrected chi connectivity index (χ2v) is 15.5. The number of rotatable bonds is 3. The average molecular weight is 738 g/mol. The van der Waals surface area contributed by atoms with Crippen LogP contribution in [0.3, 0.4) is 0 Å². The lowest BCUT2D eigenvalue weighted by Crippen LogP contribution is -2.25. The molecule has 0 amide bonds. The molecule has 4 nitrogen and oxygen atoms in total. The Morgan fingerprint density at radius 1 is 0.431 bits per heavy atom. The van der Waals surface area contributed by atoms with Crippen molar-refractivity contribution in [3.63, 3.8) is 0 Å². The topological polar surface area (TPSA) is 51.8 Å². The Labute approximate surface area is 333 Å². The molecule has 0 N–H and O–H groups in total. The van der Waals surface area contributed by atoms with Crippen LogP contribution in [0.5, 0.6) is 0 Å². The molecule has 0 unspecified atom stereocenters. The molecule has 58 heavy (non-hydrogen) atoms. The van der Waals surface area contributed by atoms with Crippen LogP contribution in [0.15, 0.2) is 193 Å². The summed E-state index contributed by atoms with van der Waals surface area (Å²) in [5.41, 5.74) is 19.6. The molecule has 0 bridgehead atoms. The van der Waals surface area contributed by atoms with Crippen molar-refractivity contribution in [2.75, 3.05) is 0 Å². The highest BCUT2D eigenvalue weighted by atomic mass is 16.3. The standard InChI is InChI=1S/C54H31N3O/c1-5-15-44-37(11-1)38-12-2-6-16-45(38)54(44)46-17-7-3-13-39(46)40-24-23-34(28-47(40)54)36-29-48-52(56-31-36)50-43(26-25-42-41-14-4-8-18-49(41)58-53(42)50)51(57-48)33-21-19-32(20-22-33)35-10-9-27-55-30-35/h1-31H. The molecular weight excluding hydrogens is 707 g/mol. The summed E-state index contributed by atoms with van der Waals surface area (Å²) in [5, 5.41) is 4.13. The van der Waals surface area contributed by atoms with Crippen LogP contribution >= 0.6 is 0 Å². The molecule has 4 heteroatoms. The van der Waals surface area contributed by atoms with E-state index < -0.39 is 5.41 Å². The first kappa shape index (κ1) is 31.5. The van der Waals surface area contributed by atoms with Crippen LogP contribution in [-0.2, 0) is 5.41 Å². The zero-order valence-electron chi connectivity index (χ0n) is 31.1. The maximum Gasteiger partial charge on any atom is 0.145 e. The largest absolute Gasteiger partial charge is 0.455 e. The number of benzene rings is 7. The maximum absolute atomic E-state index is 6.67. The summed E-state index contributed by atoms with van der Waals surface area (Å²) in [4.78, 5) is 15.0. The summed E-state index contributed by atoms with van der Waals surface area (Å²) in [6.45, 7) is 0. The number of aromatic nitrogens is 3. The van der Waals surface area contributed by atoms with Crippen LogP contribution in [0, 0.1) is 0 Å². The van der Waals surface area contributed by atoms with Crippen molar-refractivity contribution < 1.29 is 4.42 Å². The fraction of sp³-hybridized carbons (Fsp3) is 0.0185. The van der Waals surface area contributed by atoms with Gasteiger partial charge in [0.2, 0.25) is 0 Å². The van der Waals surface area contributed by atoms with Crippen molar-refractivity contribution in [3.05, 3.63) is 211 Å². The van der Waals surface area contributed by atoms with Crippen molar-refractivity contribution in [1.82, 2.24) is 15.0 Å². The van der Waals surface area contributed by atoms with Crippen molar-refractivity contribution in [1.29, 1.82) is 0 Å². The van der Waals surface area contributed by atoms with Gasteiger partial charge in [-0.2, -0.15) is 0 Å². The molecule has 0 aliphatic heterocycles. The van der Waals surface area contributed by atoms with Gasteiger partial charge >= 0.3 is 0 Å². The van der Waals surface area contributed by atoms with Crippen LogP contribution < -0.4 is 0 Å². The van der Waals surface area contributed by atoms with E-state index in [1.807, 2.05) is 30.6 Å². The van der Waals surface area contributed by atoms with Crippen molar-refractivity contribution in [2.24, 2.45) is 0 Å². The summed E-state index contributed by atoms with van der Waals surface area (Å²) < 4.78 is 6.67. The van der Waals surface area contributed by atoms with Gasteiger partial charge in [0, 0.05) is 45.9 Å². The van der Waals surface area contributed by atoms with Crippen LogP contribution in [0.2, 0.25) is 0 Å². The van der Waals surface area contributed by atoms with Gasteiger partial charge in [-0.1, -0.05) is 140 Å². The van der Waals surface area contributed by atoms with Gasteiger partial charge in [0.25, 0.3) is 0 Å². The van der Waals surface area contributed by atoms with E-state index in [0.717, 1.165) is 77.3 Å². The van der Waals surface area contributed by atoms with E-state index in [1.54, 1.807) is 6.20 Å². The van der Waals surface area contributed by atoms with Gasteiger partial charge in [-0.15, -0.1) is 0 Å². The third kappa shape index (κ3) is 4.16. The predicted molar refractivity (Wildman–Crippen MR) is 235 cm³/mol. The molecule has 2 aliphatic carbocycles. The second kappa shape index (κ2) is 11.7. The first-order valence-electron chi connectivity index (χ1n) is 19.7. The first-order chi connectivity index (χ1) is 28.8. The van der Waals surface area contributed by atoms with Gasteiger partial charge in [0.05, 0.1) is 22.0 Å². The molecule has 2 aliphatic rings. The Hall–Kier alpha value is -7.69. The van der Waals surface area contributed by atoms with E-state index in [0.29, 0.717) is 0 Å². The van der Waals surface area contributed by atoms with Gasteiger partial charge < -0.3 is 4.42 Å². The summed E-state index contributed by atoms with van der Waals surface area (Å²) in [6.07, 6.45) is 5.71. The molecule has 1 spiro atoms. The molecule has 0 fully saturated rings. The number of para-hydroxylation sites is 1. The van der Waals surface area contributed by atoms with E-state index in [2.05, 4.69) is 157 Å². The van der Waals surface area contributed by atoms with Gasteiger partial charge in [-0.3, -0.25) is 9.97 Å². The maximum atomic E-state index is 6.67. The second-order valence-electron chi connectivity index (χ2n) is 15.5. The summed E-state index contributed by atoms with van der Waals surface area (Å²) >= 11 is 0. The minimum absolute atomic E-state index is 0.421. The van der Waals surface area contributed by atoms with E-state index in [1.165, 1.54) is 44.5 Å². The highest BCUT2D eigenvalue weighted by Gasteiger charge is 2.51. The summed E-state index contributed by atoms with van der Waals surface area (Å²) in [7, 11) is 0. The number of furan rings is 1. The Kier molecular flexibility index (Phi) is 6.34. The van der Waals surface area contributed by atoms with Gasteiger partial charge in [-0.05, 0) is 91.5 Å². The zero-order valence-corrected chi connectivity index (χ0v) is 31.1. The predicted octanol–water partition coefficient (Wildman–Crippen LogP) is 13.4. The van der Waals surface area contributed by atoms with Gasteiger partial charge in [-0.25, -0.2) is 4.98 Å². The first-order valence-corrected chi connectivity index (χ1v) is 19.7. The summed E-state index contributed by atoms with van der Waals surface area (Å²) in [6, 6.07) is 61.3. The van der Waals surface area contributed by atoms with Crippen LogP contribution in [0.1, 0.15) is 22.3 Å². The SMILES string of the molecule is c1cncc(-c2ccc(-c3nc4cc(-c5ccc6c(c5)C5(c7ccccc7-c7ccccc75)c5ccccc5-6)cnc4c4c3ccc3c5ccccc5oc34)cc2)c1. The molecule has 4 heterocycles. The van der Waals surface area contributed by atoms with Crippen molar-refractivity contribution in [2.45, 2.75) is 5.41 Å². The van der Waals surface area contributed by atoms with Crippen LogP contribution in [0.25, 0.3) is 99.5 Å². The normalized spacial score (nSPS) is 13.3. The van der Waals surface area contributed by atoms with E-state index in [9.17, 15) is 0 Å². The smallest absolute Gasteiger partial charge is 0.145 e. The van der Waals surface area contributed by atoms with E-state index >= 15 is 0 Å². The van der Waals surface area contributed by atoms with E-state index in [-0.39, 0.29) is 0 Å². The van der Waals surface area contributed by atoms with Crippen LogP contribution in [0.4, 0.5) is 0 Å². The Balaban J connectivity index is 1.05. The zero-order chi connectivity index (χ0) is 38.0. The average Bonchev–Trinajstić information content (AvgIpc) is 3.93. The molecule has 13 rings (SSSR count). The minimum atomic E-state index is -0.421. The number of hydrogen-bond acceptors (Lipinski definition) is 4. The highest BCUT2D eigenvalue weighted by Crippen LogP contribution is 2.63. The molecule has 4 aromatic heterocycles. The molecule has 0 radical (unpaired) electrons. The molecule has 0 atom stereocenters. The number of pyridine rings is 3. The highest BCUT2D eigenvalue weighted by molar-refractivity contribution is 6.24. The third-order valence-corrected chi connectivity index (χ3v) is 12.6. The molecule has 268 valence electrons. The van der Waals surface area contributed by atoms with Crippen molar-refractivity contribution in [3.8, 4) is 55.8 Å². The Morgan fingerprint density at radius 3 is 1.79 bits per heavy atom. The minimum Gasteiger partial charge on any atom is -0.455 e. The van der Waals surface area contributed by atoms with Gasteiger partial charge in [0.15, 0.2) is 0 Å². The lowest BCUT2D eigenvalue weighted by atomic mass is 9.70. The Morgan fingerprint density at radius 2 is 1.07 bits per heavy atom. The summed E-state index contributed by atoms with van der Waals surface area (Å²) in [5.74, 6) is 0. The monoisotopic (exact) mass is 737 g/mol. The lowest BCUT2D eigenvalue weighted by Gasteiger charge is -2.30. The van der Waals surface area contributed by atoms with Crippen LogP contribution in [-0.4, -0.2) is 15.0 Å². The third-order valence-electron chi connectivity index (χ3n) is 12.6. The van der Waals surface area contributed by atoms with E-state index in [4.69, 9.17) is 14.4 Å². The number of nitrogens with zero attached hydrogens (tertiary/aromatic N) is 3. The fourth-order valence-corrected chi connectivity index (χ4v) is 10.1. The lowest BCUT2D eigenvalue weighted by molar-refractivity contribution is 0.673. The molecule has 0 saturated heterocycles. The molecule has 7 aromatic carbocycles. The van der Waals surface area contributed by atoms with Gasteiger partial charge in [0.1, 0.15) is 16.7 Å².